The van der Waals surface area contributed by atoms with Crippen LogP contribution in [0.2, 0.25) is 0 Å². The van der Waals surface area contributed by atoms with Gasteiger partial charge in [0.15, 0.2) is 0 Å². The van der Waals surface area contributed by atoms with Gasteiger partial charge in [-0.1, -0.05) is 0 Å². The van der Waals surface area contributed by atoms with Crippen molar-refractivity contribution in [1.82, 2.24) is 39.1 Å². The van der Waals surface area contributed by atoms with Gasteiger partial charge in [0.05, 0.1) is 11.9 Å². The van der Waals surface area contributed by atoms with E-state index < -0.39 is 0 Å². The Morgan fingerprint density at radius 3 is 2.65 bits per heavy atom. The van der Waals surface area contributed by atoms with Crippen LogP contribution >= 0.6 is 0 Å². The molecule has 4 aromatic heterocycles. The maximum Gasteiger partial charge on any atom is 0.253 e. The first-order valence-corrected chi connectivity index (χ1v) is 8.73. The third-order valence-electron chi connectivity index (χ3n) is 5.07. The van der Waals surface area contributed by atoms with Gasteiger partial charge in [-0.25, -0.2) is 9.50 Å². The molecule has 8 heteroatoms. The minimum absolute atomic E-state index is 0.443. The van der Waals surface area contributed by atoms with Gasteiger partial charge in [0.25, 0.3) is 5.78 Å². The molecule has 2 atom stereocenters. The summed E-state index contributed by atoms with van der Waals surface area (Å²) in [5, 5.41) is 13.6. The number of nitrogens with zero attached hydrogens (tertiary/aromatic N) is 8. The summed E-state index contributed by atoms with van der Waals surface area (Å²) in [7, 11) is 3.89. The molecule has 132 valence electrons. The van der Waals surface area contributed by atoms with Crippen LogP contribution in [0, 0.1) is 13.8 Å². The molecule has 5 rings (SSSR count). The number of aryl methyl sites for hydroxylation is 4. The fourth-order valence-corrected chi connectivity index (χ4v) is 3.68. The summed E-state index contributed by atoms with van der Waals surface area (Å²) < 4.78 is 5.50. The lowest BCUT2D eigenvalue weighted by atomic mass is 10.1. The molecular weight excluding hydrogens is 328 g/mol. The zero-order valence-corrected chi connectivity index (χ0v) is 15.2. The standard InChI is InChI=1S/C18H20N8/c1-10-5-11(2)26-18(20-10)21-17(23-26)16-7-15(22-25(16)4)14-6-13(14)12-8-19-24(3)9-12/h5,7-9,13-14H,6H2,1-4H3/t13-,14+/m1/s1. The molecule has 0 aromatic carbocycles. The Balaban J connectivity index is 1.49. The Labute approximate surface area is 150 Å². The molecule has 0 N–H and O–H groups in total. The van der Waals surface area contributed by atoms with Gasteiger partial charge in [0.1, 0.15) is 5.69 Å². The Bertz CT molecular complexity index is 1130. The first-order valence-electron chi connectivity index (χ1n) is 8.73. The highest BCUT2D eigenvalue weighted by atomic mass is 15.4. The van der Waals surface area contributed by atoms with Crippen molar-refractivity contribution in [3.05, 3.63) is 47.2 Å². The lowest BCUT2D eigenvalue weighted by Crippen LogP contribution is -1.98. The van der Waals surface area contributed by atoms with Crippen molar-refractivity contribution < 1.29 is 0 Å². The topological polar surface area (TPSA) is 78.7 Å². The molecule has 1 aliphatic carbocycles. The number of fused-ring (bicyclic) bond motifs is 1. The van der Waals surface area contributed by atoms with Crippen molar-refractivity contribution in [3.63, 3.8) is 0 Å². The fourth-order valence-electron chi connectivity index (χ4n) is 3.68. The summed E-state index contributed by atoms with van der Waals surface area (Å²) >= 11 is 0. The molecule has 1 fully saturated rings. The molecule has 1 aliphatic rings. The van der Waals surface area contributed by atoms with Gasteiger partial charge in [-0.05, 0) is 43.9 Å². The van der Waals surface area contributed by atoms with Crippen LogP contribution in [-0.2, 0) is 14.1 Å². The SMILES string of the molecule is Cc1cc(C)n2nc(-c3cc([C@H]4C[C@@H]4c4cnn(C)c4)nn3C)nc2n1. The zero-order chi connectivity index (χ0) is 18.0. The molecule has 0 radical (unpaired) electrons. The number of hydrogen-bond acceptors (Lipinski definition) is 5. The van der Waals surface area contributed by atoms with Crippen molar-refractivity contribution >= 4 is 5.78 Å². The van der Waals surface area contributed by atoms with Gasteiger partial charge in [-0.2, -0.15) is 15.2 Å². The number of rotatable bonds is 3. The molecule has 0 spiro atoms. The number of aromatic nitrogens is 8. The lowest BCUT2D eigenvalue weighted by molar-refractivity contribution is 0.742. The Hall–Kier alpha value is -3.03. The van der Waals surface area contributed by atoms with Crippen LogP contribution in [0.1, 0.15) is 40.9 Å². The summed E-state index contributed by atoms with van der Waals surface area (Å²) in [5.41, 5.74) is 5.26. The van der Waals surface area contributed by atoms with Crippen LogP contribution in [0.5, 0.6) is 0 Å². The van der Waals surface area contributed by atoms with Crippen molar-refractivity contribution in [2.75, 3.05) is 0 Å². The lowest BCUT2D eigenvalue weighted by Gasteiger charge is -1.97. The van der Waals surface area contributed by atoms with Crippen LogP contribution in [0.15, 0.2) is 24.5 Å². The Kier molecular flexibility index (Phi) is 3.07. The molecule has 0 unspecified atom stereocenters. The van der Waals surface area contributed by atoms with Crippen LogP contribution in [0.25, 0.3) is 17.3 Å². The van der Waals surface area contributed by atoms with Gasteiger partial charge >= 0.3 is 0 Å². The second-order valence-electron chi connectivity index (χ2n) is 7.16. The molecule has 0 bridgehead atoms. The van der Waals surface area contributed by atoms with E-state index in [1.807, 2.05) is 49.6 Å². The summed E-state index contributed by atoms with van der Waals surface area (Å²) in [4.78, 5) is 9.08. The van der Waals surface area contributed by atoms with Crippen LogP contribution in [0.3, 0.4) is 0 Å². The van der Waals surface area contributed by atoms with E-state index in [1.54, 1.807) is 4.52 Å². The van der Waals surface area contributed by atoms with E-state index in [0.717, 1.165) is 29.2 Å². The van der Waals surface area contributed by atoms with E-state index in [2.05, 4.69) is 32.4 Å². The molecule has 26 heavy (non-hydrogen) atoms. The van der Waals surface area contributed by atoms with Gasteiger partial charge < -0.3 is 0 Å². The van der Waals surface area contributed by atoms with Gasteiger partial charge in [0, 0.05) is 37.6 Å². The zero-order valence-electron chi connectivity index (χ0n) is 15.2. The molecule has 4 heterocycles. The van der Waals surface area contributed by atoms with E-state index in [-0.39, 0.29) is 0 Å². The predicted molar refractivity (Wildman–Crippen MR) is 95.8 cm³/mol. The van der Waals surface area contributed by atoms with Crippen molar-refractivity contribution in [3.8, 4) is 11.5 Å². The van der Waals surface area contributed by atoms with E-state index in [0.29, 0.717) is 23.4 Å². The van der Waals surface area contributed by atoms with Crippen molar-refractivity contribution in [2.24, 2.45) is 14.1 Å². The molecule has 4 aromatic rings. The largest absolute Gasteiger partial charge is 0.276 e. The highest BCUT2D eigenvalue weighted by molar-refractivity contribution is 5.54. The minimum atomic E-state index is 0.443. The molecule has 8 nitrogen and oxygen atoms in total. The first kappa shape index (κ1) is 15.2. The monoisotopic (exact) mass is 348 g/mol. The first-order chi connectivity index (χ1) is 12.5. The summed E-state index contributed by atoms with van der Waals surface area (Å²) in [5.74, 6) is 2.23. The minimum Gasteiger partial charge on any atom is -0.276 e. The third kappa shape index (κ3) is 2.33. The van der Waals surface area contributed by atoms with Crippen LogP contribution in [0.4, 0.5) is 0 Å². The van der Waals surface area contributed by atoms with Gasteiger partial charge in [-0.3, -0.25) is 9.36 Å². The molecule has 0 aliphatic heterocycles. The van der Waals surface area contributed by atoms with Crippen molar-refractivity contribution in [1.29, 1.82) is 0 Å². The van der Waals surface area contributed by atoms with Gasteiger partial charge in [0.2, 0.25) is 5.82 Å². The summed E-state index contributed by atoms with van der Waals surface area (Å²) in [6.07, 6.45) is 5.16. The maximum atomic E-state index is 4.72. The van der Waals surface area contributed by atoms with Crippen LogP contribution in [-0.4, -0.2) is 39.1 Å². The van der Waals surface area contributed by atoms with Gasteiger partial charge in [-0.15, -0.1) is 5.10 Å². The molecule has 0 saturated heterocycles. The predicted octanol–water partition coefficient (Wildman–Crippen LogP) is 2.15. The normalized spacial score (nSPS) is 19.4. The quantitative estimate of drug-likeness (QED) is 0.567. The third-order valence-corrected chi connectivity index (χ3v) is 5.07. The fraction of sp³-hybridized carbons (Fsp3) is 0.389. The highest BCUT2D eigenvalue weighted by Gasteiger charge is 2.42. The van der Waals surface area contributed by atoms with E-state index in [4.69, 9.17) is 5.10 Å². The molecule has 1 saturated carbocycles. The average Bonchev–Trinajstić information content (AvgIpc) is 2.90. The molecule has 0 amide bonds. The highest BCUT2D eigenvalue weighted by Crippen LogP contribution is 2.54. The van der Waals surface area contributed by atoms with Crippen molar-refractivity contribution in [2.45, 2.75) is 32.1 Å². The van der Waals surface area contributed by atoms with Crippen LogP contribution < -0.4 is 0 Å². The second kappa shape index (κ2) is 5.23. The van der Waals surface area contributed by atoms with E-state index in [9.17, 15) is 0 Å². The maximum absolute atomic E-state index is 4.72. The second-order valence-corrected chi connectivity index (χ2v) is 7.16. The Morgan fingerprint density at radius 1 is 1.04 bits per heavy atom. The summed E-state index contributed by atoms with van der Waals surface area (Å²) in [6.45, 7) is 3.98. The van der Waals surface area contributed by atoms with E-state index in [1.165, 1.54) is 5.56 Å². The Morgan fingerprint density at radius 2 is 1.88 bits per heavy atom. The smallest absolute Gasteiger partial charge is 0.253 e. The van der Waals surface area contributed by atoms with E-state index >= 15 is 0 Å². The molecular formula is C18H20N8. The average molecular weight is 348 g/mol. The summed E-state index contributed by atoms with van der Waals surface area (Å²) in [6, 6.07) is 4.11. The number of hydrogen-bond donors (Lipinski definition) is 0.